The summed E-state index contributed by atoms with van der Waals surface area (Å²) in [7, 11) is 0. The number of rotatable bonds is 7. The second-order valence-corrected chi connectivity index (χ2v) is 6.25. The predicted molar refractivity (Wildman–Crippen MR) is 88.3 cm³/mol. The van der Waals surface area contributed by atoms with Crippen molar-refractivity contribution in [3.05, 3.63) is 45.1 Å². The van der Waals surface area contributed by atoms with Crippen molar-refractivity contribution in [1.29, 1.82) is 0 Å². The van der Waals surface area contributed by atoms with Crippen LogP contribution in [0.15, 0.2) is 30.3 Å². The predicted octanol–water partition coefficient (Wildman–Crippen LogP) is 5.36. The van der Waals surface area contributed by atoms with Gasteiger partial charge in [0, 0.05) is 21.3 Å². The van der Waals surface area contributed by atoms with Gasteiger partial charge in [0.25, 0.3) is 0 Å². The van der Waals surface area contributed by atoms with Gasteiger partial charge in [-0.05, 0) is 43.2 Å². The first-order chi connectivity index (χ1) is 9.72. The molecule has 20 heavy (non-hydrogen) atoms. The van der Waals surface area contributed by atoms with Crippen molar-refractivity contribution in [2.45, 2.75) is 33.2 Å². The van der Waals surface area contributed by atoms with Crippen molar-refractivity contribution >= 4 is 28.6 Å². The summed E-state index contributed by atoms with van der Waals surface area (Å²) in [6, 6.07) is 10.1. The fourth-order valence-corrected chi connectivity index (χ4v) is 2.94. The summed E-state index contributed by atoms with van der Waals surface area (Å²) in [5.41, 5.74) is 0.956. The molecule has 4 heteroatoms. The minimum absolute atomic E-state index is 0.718. The Morgan fingerprint density at radius 3 is 2.65 bits per heavy atom. The molecule has 0 radical (unpaired) electrons. The molecular weight excluding hydrogens is 290 g/mol. The first-order valence-electron chi connectivity index (χ1n) is 6.96. The normalized spacial score (nSPS) is 10.6. The second-order valence-electron chi connectivity index (χ2n) is 4.56. The number of nitrogens with one attached hydrogen (secondary N) is 1. The van der Waals surface area contributed by atoms with Crippen LogP contribution >= 0.6 is 22.9 Å². The zero-order chi connectivity index (χ0) is 14.4. The van der Waals surface area contributed by atoms with Crippen LogP contribution in [0, 0.1) is 0 Å². The van der Waals surface area contributed by atoms with Crippen LogP contribution < -0.4 is 10.1 Å². The third-order valence-electron chi connectivity index (χ3n) is 2.92. The third-order valence-corrected chi connectivity index (χ3v) is 4.39. The first kappa shape index (κ1) is 15.2. The van der Waals surface area contributed by atoms with E-state index in [0.717, 1.165) is 42.5 Å². The van der Waals surface area contributed by atoms with Crippen LogP contribution in [0.1, 0.15) is 30.0 Å². The molecule has 0 saturated carbocycles. The van der Waals surface area contributed by atoms with Crippen LogP contribution in [0.3, 0.4) is 0 Å². The van der Waals surface area contributed by atoms with Crippen LogP contribution in [-0.4, -0.2) is 6.61 Å². The van der Waals surface area contributed by atoms with Crippen molar-refractivity contribution in [2.24, 2.45) is 0 Å². The molecule has 1 N–H and O–H groups in total. The van der Waals surface area contributed by atoms with E-state index in [4.69, 9.17) is 16.3 Å². The molecule has 108 valence electrons. The summed E-state index contributed by atoms with van der Waals surface area (Å²) in [6.45, 7) is 5.79. The Hall–Kier alpha value is -1.19. The molecule has 1 heterocycles. The lowest BCUT2D eigenvalue weighted by molar-refractivity contribution is 0.319. The average molecular weight is 310 g/mol. The highest BCUT2D eigenvalue weighted by atomic mass is 35.5. The fourth-order valence-electron chi connectivity index (χ4n) is 1.87. The van der Waals surface area contributed by atoms with Gasteiger partial charge in [-0.1, -0.05) is 25.4 Å². The van der Waals surface area contributed by atoms with E-state index in [2.05, 4.69) is 31.3 Å². The molecule has 1 aromatic carbocycles. The van der Waals surface area contributed by atoms with Gasteiger partial charge in [0.1, 0.15) is 5.75 Å². The van der Waals surface area contributed by atoms with E-state index in [1.54, 1.807) is 0 Å². The molecule has 0 spiro atoms. The Labute approximate surface area is 129 Å². The molecule has 0 unspecified atom stereocenters. The fraction of sp³-hybridized carbons (Fsp3) is 0.375. The van der Waals surface area contributed by atoms with Crippen molar-refractivity contribution in [3.8, 4) is 5.75 Å². The van der Waals surface area contributed by atoms with Crippen LogP contribution in [0.25, 0.3) is 0 Å². The molecular formula is C16H20ClNOS. The van der Waals surface area contributed by atoms with Gasteiger partial charge in [-0.15, -0.1) is 11.3 Å². The molecule has 1 aromatic heterocycles. The maximum absolute atomic E-state index is 6.07. The van der Waals surface area contributed by atoms with E-state index < -0.39 is 0 Å². The van der Waals surface area contributed by atoms with Gasteiger partial charge in [0.05, 0.1) is 12.3 Å². The highest BCUT2D eigenvalue weighted by Crippen LogP contribution is 2.29. The quantitative estimate of drug-likeness (QED) is 0.743. The summed E-state index contributed by atoms with van der Waals surface area (Å²) in [4.78, 5) is 2.73. The van der Waals surface area contributed by atoms with E-state index in [0.29, 0.717) is 0 Å². The number of anilines is 1. The van der Waals surface area contributed by atoms with E-state index in [9.17, 15) is 0 Å². The average Bonchev–Trinajstić information content (AvgIpc) is 2.92. The molecule has 2 aromatic rings. The summed E-state index contributed by atoms with van der Waals surface area (Å²) >= 11 is 7.91. The van der Waals surface area contributed by atoms with E-state index >= 15 is 0 Å². The van der Waals surface area contributed by atoms with Gasteiger partial charge in [0.2, 0.25) is 0 Å². The molecule has 2 rings (SSSR count). The van der Waals surface area contributed by atoms with E-state index in [1.807, 2.05) is 29.5 Å². The smallest absolute Gasteiger partial charge is 0.142 e. The number of thiophene rings is 1. The number of aryl methyl sites for hydroxylation is 1. The van der Waals surface area contributed by atoms with Gasteiger partial charge >= 0.3 is 0 Å². The molecule has 0 aliphatic heterocycles. The van der Waals surface area contributed by atoms with Crippen LogP contribution in [-0.2, 0) is 13.0 Å². The summed E-state index contributed by atoms with van der Waals surface area (Å²) in [6.07, 6.45) is 2.08. The largest absolute Gasteiger partial charge is 0.491 e. The highest BCUT2D eigenvalue weighted by molar-refractivity contribution is 7.12. The summed E-state index contributed by atoms with van der Waals surface area (Å²) < 4.78 is 5.74. The van der Waals surface area contributed by atoms with Gasteiger partial charge in [-0.3, -0.25) is 0 Å². The molecule has 0 aliphatic rings. The lowest BCUT2D eigenvalue weighted by Gasteiger charge is -2.12. The number of hydrogen-bond donors (Lipinski definition) is 1. The maximum atomic E-state index is 6.07. The molecule has 0 atom stereocenters. The SMILES string of the molecule is CCCOc1ccc(Cl)cc1NCc1ccc(CC)s1. The molecule has 2 nitrogen and oxygen atoms in total. The first-order valence-corrected chi connectivity index (χ1v) is 8.16. The van der Waals surface area contributed by atoms with Crippen LogP contribution in [0.5, 0.6) is 5.75 Å². The standard InChI is InChI=1S/C16H20ClNOS/c1-3-9-19-16-8-5-12(17)10-15(16)18-11-14-7-6-13(4-2)20-14/h5-8,10,18H,3-4,9,11H2,1-2H3. The lowest BCUT2D eigenvalue weighted by atomic mass is 10.3. The second kappa shape index (κ2) is 7.55. The topological polar surface area (TPSA) is 21.3 Å². The number of hydrogen-bond acceptors (Lipinski definition) is 3. The van der Waals surface area contributed by atoms with E-state index in [-0.39, 0.29) is 0 Å². The zero-order valence-corrected chi connectivity index (χ0v) is 13.5. The molecule has 0 fully saturated rings. The minimum atomic E-state index is 0.718. The Morgan fingerprint density at radius 1 is 1.15 bits per heavy atom. The molecule has 0 saturated heterocycles. The van der Waals surface area contributed by atoms with Crippen molar-refractivity contribution in [3.63, 3.8) is 0 Å². The summed E-state index contributed by atoms with van der Waals surface area (Å²) in [5, 5.41) is 4.14. The number of halogens is 1. The van der Waals surface area contributed by atoms with Crippen molar-refractivity contribution in [2.75, 3.05) is 11.9 Å². The highest BCUT2D eigenvalue weighted by Gasteiger charge is 2.05. The number of ether oxygens (including phenoxy) is 1. The Kier molecular flexibility index (Phi) is 5.74. The van der Waals surface area contributed by atoms with Gasteiger partial charge in [-0.25, -0.2) is 0 Å². The van der Waals surface area contributed by atoms with Crippen molar-refractivity contribution in [1.82, 2.24) is 0 Å². The molecule has 0 bridgehead atoms. The lowest BCUT2D eigenvalue weighted by Crippen LogP contribution is -2.02. The Balaban J connectivity index is 2.05. The van der Waals surface area contributed by atoms with Gasteiger partial charge in [-0.2, -0.15) is 0 Å². The van der Waals surface area contributed by atoms with Crippen LogP contribution in [0.2, 0.25) is 5.02 Å². The molecule has 0 aliphatic carbocycles. The van der Waals surface area contributed by atoms with Crippen molar-refractivity contribution < 1.29 is 4.74 Å². The Morgan fingerprint density at radius 2 is 1.95 bits per heavy atom. The minimum Gasteiger partial charge on any atom is -0.491 e. The zero-order valence-electron chi connectivity index (χ0n) is 11.9. The van der Waals surface area contributed by atoms with Gasteiger partial charge in [0.15, 0.2) is 0 Å². The maximum Gasteiger partial charge on any atom is 0.142 e. The van der Waals surface area contributed by atoms with Crippen LogP contribution in [0.4, 0.5) is 5.69 Å². The van der Waals surface area contributed by atoms with Gasteiger partial charge < -0.3 is 10.1 Å². The monoisotopic (exact) mass is 309 g/mol. The summed E-state index contributed by atoms with van der Waals surface area (Å²) in [5.74, 6) is 0.864. The molecule has 0 amide bonds. The number of benzene rings is 1. The van der Waals surface area contributed by atoms with E-state index in [1.165, 1.54) is 9.75 Å². The Bertz CT molecular complexity index is 553. The third kappa shape index (κ3) is 4.15.